The van der Waals surface area contributed by atoms with Crippen molar-refractivity contribution in [3.63, 3.8) is 0 Å². The molecule has 0 N–H and O–H groups in total. The molecule has 0 aliphatic rings. The van der Waals surface area contributed by atoms with Gasteiger partial charge in [0.2, 0.25) is 0 Å². The normalized spacial score (nSPS) is 10.1. The fourth-order valence-corrected chi connectivity index (χ4v) is 3.75. The molecule has 0 aliphatic carbocycles. The van der Waals surface area contributed by atoms with Crippen LogP contribution in [-0.4, -0.2) is 10.7 Å². The minimum Gasteiger partial charge on any atom is -0.239 e. The first-order valence-corrected chi connectivity index (χ1v) is 9.28. The van der Waals surface area contributed by atoms with Crippen LogP contribution in [0.4, 0.5) is 0 Å². The van der Waals surface area contributed by atoms with Gasteiger partial charge in [-0.2, -0.15) is 5.26 Å². The van der Waals surface area contributed by atoms with E-state index in [1.807, 2.05) is 47.8 Å². The molecule has 0 fully saturated rings. The van der Waals surface area contributed by atoms with E-state index in [0.29, 0.717) is 21.4 Å². The average molecular weight is 367 g/mol. The Balaban J connectivity index is 2.21. The lowest BCUT2D eigenvalue weighted by atomic mass is 10.0. The highest BCUT2D eigenvalue weighted by Gasteiger charge is 2.16. The zero-order valence-corrected chi connectivity index (χ0v) is 14.9. The predicted octanol–water partition coefficient (Wildman–Crippen LogP) is 5.73. The molecule has 2 aromatic heterocycles. The van der Waals surface area contributed by atoms with E-state index in [-0.39, 0.29) is 0 Å². The van der Waals surface area contributed by atoms with Gasteiger partial charge in [0.25, 0.3) is 0 Å². The minimum atomic E-state index is 0.468. The van der Waals surface area contributed by atoms with Crippen LogP contribution in [0.1, 0.15) is 5.56 Å². The molecule has 0 aliphatic heterocycles. The number of benzene rings is 1. The van der Waals surface area contributed by atoms with Gasteiger partial charge >= 0.3 is 0 Å². The maximum atomic E-state index is 9.66. The van der Waals surface area contributed by atoms with Gasteiger partial charge in [-0.3, -0.25) is 0 Å². The van der Waals surface area contributed by atoms with Gasteiger partial charge in [-0.15, -0.1) is 17.8 Å². The van der Waals surface area contributed by atoms with Crippen LogP contribution in [0.5, 0.6) is 0 Å². The van der Waals surface area contributed by atoms with Crippen LogP contribution in [0.15, 0.2) is 52.9 Å². The highest BCUT2D eigenvalue weighted by molar-refractivity contribution is 7.99. The molecule has 0 amide bonds. The Labute approximate surface area is 154 Å². The summed E-state index contributed by atoms with van der Waals surface area (Å²) in [5.74, 6) is 3.06. The second-order valence-corrected chi connectivity index (χ2v) is 7.17. The van der Waals surface area contributed by atoms with Gasteiger partial charge in [-0.05, 0) is 35.2 Å². The molecular formula is C19H11ClN2S2. The molecule has 1 aromatic carbocycles. The molecule has 5 heteroatoms. The van der Waals surface area contributed by atoms with Crippen LogP contribution >= 0.6 is 34.7 Å². The minimum absolute atomic E-state index is 0.468. The third-order valence-electron chi connectivity index (χ3n) is 3.32. The maximum Gasteiger partial charge on any atom is 0.116 e. The monoisotopic (exact) mass is 366 g/mol. The molecule has 0 saturated carbocycles. The van der Waals surface area contributed by atoms with Gasteiger partial charge in [-0.1, -0.05) is 47.5 Å². The van der Waals surface area contributed by atoms with Gasteiger partial charge in [0, 0.05) is 10.6 Å². The number of nitriles is 1. The summed E-state index contributed by atoms with van der Waals surface area (Å²) in [6, 6.07) is 15.7. The molecule has 0 radical (unpaired) electrons. The Bertz CT molecular complexity index is 933. The zero-order chi connectivity index (χ0) is 16.9. The number of nitrogens with zero attached hydrogens (tertiary/aromatic N) is 2. The quantitative estimate of drug-likeness (QED) is 0.437. The summed E-state index contributed by atoms with van der Waals surface area (Å²) in [7, 11) is 0. The van der Waals surface area contributed by atoms with Crippen molar-refractivity contribution in [1.29, 1.82) is 5.26 Å². The Morgan fingerprint density at radius 2 is 2.04 bits per heavy atom. The van der Waals surface area contributed by atoms with E-state index >= 15 is 0 Å². The number of terminal acetylenes is 1. The molecule has 0 bridgehead atoms. The number of thiophene rings is 1. The molecule has 3 rings (SSSR count). The lowest BCUT2D eigenvalue weighted by molar-refractivity contribution is 1.12. The summed E-state index contributed by atoms with van der Waals surface area (Å²) >= 11 is 9.00. The van der Waals surface area contributed by atoms with Crippen LogP contribution in [0.2, 0.25) is 5.02 Å². The third-order valence-corrected chi connectivity index (χ3v) is 5.34. The summed E-state index contributed by atoms with van der Waals surface area (Å²) < 4.78 is 0. The first kappa shape index (κ1) is 16.6. The molecule has 2 nitrogen and oxygen atoms in total. The molecule has 24 heavy (non-hydrogen) atoms. The average Bonchev–Trinajstić information content (AvgIpc) is 3.14. The van der Waals surface area contributed by atoms with E-state index < -0.39 is 0 Å². The van der Waals surface area contributed by atoms with Gasteiger partial charge < -0.3 is 0 Å². The zero-order valence-electron chi connectivity index (χ0n) is 12.5. The largest absolute Gasteiger partial charge is 0.239 e. The number of halogens is 1. The van der Waals surface area contributed by atoms with Crippen molar-refractivity contribution in [2.75, 3.05) is 5.75 Å². The predicted molar refractivity (Wildman–Crippen MR) is 102 cm³/mol. The van der Waals surface area contributed by atoms with E-state index in [0.717, 1.165) is 21.7 Å². The van der Waals surface area contributed by atoms with Gasteiger partial charge in [-0.25, -0.2) is 4.98 Å². The lowest BCUT2D eigenvalue weighted by Crippen LogP contribution is -1.95. The Hall–Kier alpha value is -2.24. The summed E-state index contributed by atoms with van der Waals surface area (Å²) in [6.45, 7) is 0. The van der Waals surface area contributed by atoms with Crippen molar-refractivity contribution >= 4 is 34.7 Å². The first-order valence-electron chi connectivity index (χ1n) is 7.04. The maximum absolute atomic E-state index is 9.66. The number of pyridine rings is 1. The summed E-state index contributed by atoms with van der Waals surface area (Å²) in [5.41, 5.74) is 3.15. The van der Waals surface area contributed by atoms with Crippen LogP contribution in [0.25, 0.3) is 21.7 Å². The van der Waals surface area contributed by atoms with Crippen LogP contribution < -0.4 is 0 Å². The van der Waals surface area contributed by atoms with Crippen molar-refractivity contribution in [2.45, 2.75) is 5.03 Å². The number of aromatic nitrogens is 1. The molecular weight excluding hydrogens is 356 g/mol. The molecule has 0 spiro atoms. The van der Waals surface area contributed by atoms with Crippen molar-refractivity contribution < 1.29 is 0 Å². The Kier molecular flexibility index (Phi) is 5.23. The molecule has 0 atom stereocenters. The topological polar surface area (TPSA) is 36.7 Å². The lowest BCUT2D eigenvalue weighted by Gasteiger charge is -2.11. The molecule has 116 valence electrons. The second kappa shape index (κ2) is 7.55. The smallest absolute Gasteiger partial charge is 0.116 e. The highest BCUT2D eigenvalue weighted by Crippen LogP contribution is 2.35. The first-order chi connectivity index (χ1) is 11.7. The second-order valence-electron chi connectivity index (χ2n) is 4.82. The highest BCUT2D eigenvalue weighted by atomic mass is 35.5. The number of thioether (sulfide) groups is 1. The van der Waals surface area contributed by atoms with E-state index in [4.69, 9.17) is 18.0 Å². The number of rotatable bonds is 4. The standard InChI is InChI=1S/C19H11ClN2S2/c1-2-9-24-19-16(12-21)15(13-5-7-14(20)8-6-13)11-17(22-19)18-4-3-10-23-18/h1,3-8,10-11H,9H2. The van der Waals surface area contributed by atoms with Crippen LogP contribution in [0.3, 0.4) is 0 Å². The van der Waals surface area contributed by atoms with Crippen molar-refractivity contribution in [3.8, 4) is 40.1 Å². The van der Waals surface area contributed by atoms with Crippen LogP contribution in [-0.2, 0) is 0 Å². The van der Waals surface area contributed by atoms with E-state index in [2.05, 4.69) is 17.0 Å². The summed E-state index contributed by atoms with van der Waals surface area (Å²) in [6.07, 6.45) is 5.37. The van der Waals surface area contributed by atoms with Crippen molar-refractivity contribution in [1.82, 2.24) is 4.98 Å². The summed E-state index contributed by atoms with van der Waals surface area (Å²) in [5, 5.41) is 13.0. The third kappa shape index (κ3) is 3.47. The van der Waals surface area contributed by atoms with Crippen LogP contribution in [0, 0.1) is 23.7 Å². The molecule has 0 saturated heterocycles. The van der Waals surface area contributed by atoms with Crippen molar-refractivity contribution in [2.24, 2.45) is 0 Å². The van der Waals surface area contributed by atoms with Gasteiger partial charge in [0.15, 0.2) is 0 Å². The molecule has 0 unspecified atom stereocenters. The Morgan fingerprint density at radius 1 is 1.25 bits per heavy atom. The van der Waals surface area contributed by atoms with E-state index in [1.165, 1.54) is 11.8 Å². The molecule has 2 heterocycles. The number of hydrogen-bond donors (Lipinski definition) is 0. The van der Waals surface area contributed by atoms with Crippen molar-refractivity contribution in [3.05, 3.63) is 58.4 Å². The van der Waals surface area contributed by atoms with Gasteiger partial charge in [0.1, 0.15) is 11.1 Å². The summed E-state index contributed by atoms with van der Waals surface area (Å²) in [4.78, 5) is 5.71. The fourth-order valence-electron chi connectivity index (χ4n) is 2.25. The fraction of sp³-hybridized carbons (Fsp3) is 0.0526. The van der Waals surface area contributed by atoms with Gasteiger partial charge in [0.05, 0.1) is 21.9 Å². The SMILES string of the molecule is C#CCSc1nc(-c2cccs2)cc(-c2ccc(Cl)cc2)c1C#N. The molecule has 3 aromatic rings. The van der Waals surface area contributed by atoms with E-state index in [1.54, 1.807) is 11.3 Å². The van der Waals surface area contributed by atoms with E-state index in [9.17, 15) is 5.26 Å². The Morgan fingerprint density at radius 3 is 2.67 bits per heavy atom. The number of hydrogen-bond acceptors (Lipinski definition) is 4.